The second-order valence-corrected chi connectivity index (χ2v) is 4.04. The van der Waals surface area contributed by atoms with E-state index in [0.29, 0.717) is 6.04 Å². The Balaban J connectivity index is 4.05. The molecule has 0 radical (unpaired) electrons. The molecular formula is C12H28N2. The summed E-state index contributed by atoms with van der Waals surface area (Å²) >= 11 is 0. The molecule has 2 nitrogen and oxygen atoms in total. The van der Waals surface area contributed by atoms with Crippen molar-refractivity contribution < 1.29 is 0 Å². The van der Waals surface area contributed by atoms with Gasteiger partial charge in [0.05, 0.1) is 0 Å². The fraction of sp³-hybridized carbons (Fsp3) is 1.00. The summed E-state index contributed by atoms with van der Waals surface area (Å²) in [6, 6.07) is 0.657. The Hall–Kier alpha value is -0.0800. The van der Waals surface area contributed by atoms with Gasteiger partial charge in [0, 0.05) is 12.6 Å². The normalized spacial score (nSPS) is 15.9. The number of likely N-dealkylation sites (N-methyl/N-ethyl adjacent to an activating group) is 2. The van der Waals surface area contributed by atoms with Crippen LogP contribution in [0.4, 0.5) is 0 Å². The second-order valence-electron chi connectivity index (χ2n) is 4.04. The van der Waals surface area contributed by atoms with Gasteiger partial charge in [-0.3, -0.25) is 0 Å². The van der Waals surface area contributed by atoms with Crippen molar-refractivity contribution in [2.75, 3.05) is 26.2 Å². The van der Waals surface area contributed by atoms with Crippen LogP contribution in [0.1, 0.15) is 41.0 Å². The van der Waals surface area contributed by atoms with Crippen molar-refractivity contribution in [2.45, 2.75) is 47.1 Å². The first-order valence-electron chi connectivity index (χ1n) is 6.15. The molecule has 14 heavy (non-hydrogen) atoms. The van der Waals surface area contributed by atoms with Crippen LogP contribution in [-0.2, 0) is 0 Å². The highest BCUT2D eigenvalue weighted by atomic mass is 15.1. The molecule has 0 saturated heterocycles. The molecule has 0 aliphatic carbocycles. The van der Waals surface area contributed by atoms with E-state index in [-0.39, 0.29) is 0 Å². The van der Waals surface area contributed by atoms with Crippen LogP contribution in [0, 0.1) is 5.92 Å². The fourth-order valence-electron chi connectivity index (χ4n) is 1.75. The molecule has 0 aromatic carbocycles. The third-order valence-corrected chi connectivity index (χ3v) is 3.15. The van der Waals surface area contributed by atoms with Crippen LogP contribution in [0.25, 0.3) is 0 Å². The van der Waals surface area contributed by atoms with Crippen molar-refractivity contribution in [1.29, 1.82) is 0 Å². The van der Waals surface area contributed by atoms with Crippen LogP contribution in [0.15, 0.2) is 0 Å². The van der Waals surface area contributed by atoms with E-state index in [1.807, 2.05) is 0 Å². The lowest BCUT2D eigenvalue weighted by Crippen LogP contribution is -2.44. The highest BCUT2D eigenvalue weighted by Crippen LogP contribution is 2.09. The highest BCUT2D eigenvalue weighted by Gasteiger charge is 2.16. The van der Waals surface area contributed by atoms with E-state index >= 15 is 0 Å². The Kier molecular flexibility index (Phi) is 8.20. The molecular weight excluding hydrogens is 172 g/mol. The molecule has 0 amide bonds. The zero-order valence-corrected chi connectivity index (χ0v) is 10.6. The molecule has 0 bridgehead atoms. The van der Waals surface area contributed by atoms with E-state index < -0.39 is 0 Å². The van der Waals surface area contributed by atoms with Crippen LogP contribution in [-0.4, -0.2) is 37.1 Å². The lowest BCUT2D eigenvalue weighted by atomic mass is 9.98. The Morgan fingerprint density at radius 3 is 2.00 bits per heavy atom. The first kappa shape index (κ1) is 13.9. The maximum Gasteiger partial charge on any atom is 0.0220 e. The van der Waals surface area contributed by atoms with Gasteiger partial charge < -0.3 is 10.2 Å². The van der Waals surface area contributed by atoms with Crippen LogP contribution < -0.4 is 5.32 Å². The fourth-order valence-corrected chi connectivity index (χ4v) is 1.75. The third kappa shape index (κ3) is 4.97. The lowest BCUT2D eigenvalue weighted by Gasteiger charge is -2.29. The molecule has 0 aliphatic rings. The van der Waals surface area contributed by atoms with E-state index in [9.17, 15) is 0 Å². The first-order valence-corrected chi connectivity index (χ1v) is 6.15. The van der Waals surface area contributed by atoms with Gasteiger partial charge in [0.25, 0.3) is 0 Å². The van der Waals surface area contributed by atoms with Gasteiger partial charge in [-0.2, -0.15) is 0 Å². The molecule has 0 aromatic rings. The number of hydrogen-bond acceptors (Lipinski definition) is 2. The van der Waals surface area contributed by atoms with Crippen LogP contribution in [0.5, 0.6) is 0 Å². The second kappa shape index (κ2) is 8.25. The van der Waals surface area contributed by atoms with Crippen LogP contribution >= 0.6 is 0 Å². The predicted octanol–water partition coefficient (Wildman–Crippen LogP) is 2.35. The van der Waals surface area contributed by atoms with Gasteiger partial charge in [0.2, 0.25) is 0 Å². The van der Waals surface area contributed by atoms with Gasteiger partial charge in [-0.05, 0) is 25.6 Å². The maximum absolute atomic E-state index is 3.59. The van der Waals surface area contributed by atoms with Crippen LogP contribution in [0.2, 0.25) is 0 Å². The van der Waals surface area contributed by atoms with Crippen molar-refractivity contribution >= 4 is 0 Å². The average molecular weight is 200 g/mol. The summed E-state index contributed by atoms with van der Waals surface area (Å²) in [5, 5.41) is 3.59. The molecule has 2 heteroatoms. The van der Waals surface area contributed by atoms with Gasteiger partial charge in [0.15, 0.2) is 0 Å². The molecule has 0 rings (SSSR count). The Labute approximate surface area is 90.1 Å². The topological polar surface area (TPSA) is 15.3 Å². The van der Waals surface area contributed by atoms with Crippen molar-refractivity contribution in [3.63, 3.8) is 0 Å². The molecule has 0 saturated carbocycles. The number of nitrogens with zero attached hydrogens (tertiary/aromatic N) is 1. The Morgan fingerprint density at radius 2 is 1.64 bits per heavy atom. The smallest absolute Gasteiger partial charge is 0.0220 e. The van der Waals surface area contributed by atoms with Crippen molar-refractivity contribution in [2.24, 2.45) is 5.92 Å². The molecule has 0 fully saturated rings. The summed E-state index contributed by atoms with van der Waals surface area (Å²) in [6.07, 6.45) is 1.26. The largest absolute Gasteiger partial charge is 0.313 e. The summed E-state index contributed by atoms with van der Waals surface area (Å²) in [7, 11) is 0. The number of nitrogens with one attached hydrogen (secondary N) is 1. The van der Waals surface area contributed by atoms with E-state index in [1.165, 1.54) is 13.0 Å². The zero-order chi connectivity index (χ0) is 11.0. The quantitative estimate of drug-likeness (QED) is 0.647. The SMILES string of the molecule is CCNC(CN(CC)CC)C(C)CC. The predicted molar refractivity (Wildman–Crippen MR) is 64.7 cm³/mol. The zero-order valence-electron chi connectivity index (χ0n) is 10.6. The minimum absolute atomic E-state index is 0.657. The van der Waals surface area contributed by atoms with Gasteiger partial charge in [-0.15, -0.1) is 0 Å². The summed E-state index contributed by atoms with van der Waals surface area (Å²) in [6.45, 7) is 15.9. The Bertz CT molecular complexity index is 119. The third-order valence-electron chi connectivity index (χ3n) is 3.15. The first-order chi connectivity index (χ1) is 6.69. The van der Waals surface area contributed by atoms with Gasteiger partial charge in [0.1, 0.15) is 0 Å². The van der Waals surface area contributed by atoms with Crippen LogP contribution in [0.3, 0.4) is 0 Å². The van der Waals surface area contributed by atoms with E-state index in [0.717, 1.165) is 25.6 Å². The number of hydrogen-bond donors (Lipinski definition) is 1. The molecule has 1 N–H and O–H groups in total. The summed E-state index contributed by atoms with van der Waals surface area (Å²) in [5.74, 6) is 0.774. The van der Waals surface area contributed by atoms with Crippen molar-refractivity contribution in [3.8, 4) is 0 Å². The summed E-state index contributed by atoms with van der Waals surface area (Å²) < 4.78 is 0. The number of rotatable bonds is 8. The minimum atomic E-state index is 0.657. The van der Waals surface area contributed by atoms with Gasteiger partial charge in [-0.1, -0.05) is 41.0 Å². The molecule has 0 spiro atoms. The Morgan fingerprint density at radius 1 is 1.07 bits per heavy atom. The van der Waals surface area contributed by atoms with E-state index in [1.54, 1.807) is 0 Å². The van der Waals surface area contributed by atoms with Crippen molar-refractivity contribution in [3.05, 3.63) is 0 Å². The molecule has 0 aliphatic heterocycles. The van der Waals surface area contributed by atoms with E-state index in [2.05, 4.69) is 44.8 Å². The molecule has 0 aromatic heterocycles. The molecule has 2 atom stereocenters. The standard InChI is InChI=1S/C12H28N2/c1-6-11(5)12(13-7-2)10-14(8-3)9-4/h11-13H,6-10H2,1-5H3. The lowest BCUT2D eigenvalue weighted by molar-refractivity contribution is 0.228. The van der Waals surface area contributed by atoms with E-state index in [4.69, 9.17) is 0 Å². The summed E-state index contributed by atoms with van der Waals surface area (Å²) in [5.41, 5.74) is 0. The monoisotopic (exact) mass is 200 g/mol. The molecule has 86 valence electrons. The minimum Gasteiger partial charge on any atom is -0.313 e. The highest BCUT2D eigenvalue weighted by molar-refractivity contribution is 4.75. The van der Waals surface area contributed by atoms with Gasteiger partial charge >= 0.3 is 0 Å². The summed E-state index contributed by atoms with van der Waals surface area (Å²) in [4.78, 5) is 2.50. The average Bonchev–Trinajstić information content (AvgIpc) is 2.23. The molecule has 0 heterocycles. The molecule has 2 unspecified atom stereocenters. The van der Waals surface area contributed by atoms with Crippen molar-refractivity contribution in [1.82, 2.24) is 10.2 Å². The maximum atomic E-state index is 3.59. The van der Waals surface area contributed by atoms with Gasteiger partial charge in [-0.25, -0.2) is 0 Å².